The zero-order valence-corrected chi connectivity index (χ0v) is 7.91. The predicted molar refractivity (Wildman–Crippen MR) is 51.7 cm³/mol. The molecule has 0 aliphatic rings. The number of hydrazone groups is 1. The highest BCUT2D eigenvalue weighted by molar-refractivity contribution is 7.11. The van der Waals surface area contributed by atoms with Gasteiger partial charge in [0, 0.05) is 4.88 Å². The Morgan fingerprint density at radius 3 is 3.15 bits per heavy atom. The van der Waals surface area contributed by atoms with E-state index in [0.717, 1.165) is 4.88 Å². The van der Waals surface area contributed by atoms with Gasteiger partial charge in [-0.1, -0.05) is 6.07 Å². The SMILES string of the molecule is CC(O)C(=O)NN=Cc1cccs1. The summed E-state index contributed by atoms with van der Waals surface area (Å²) < 4.78 is 0. The standard InChI is InChI=1S/C8H10N2O2S/c1-6(11)8(12)10-9-5-7-3-2-4-13-7/h2-6,11H,1H3,(H,10,12). The number of nitrogens with one attached hydrogen (secondary N) is 1. The number of amides is 1. The van der Waals surface area contributed by atoms with Crippen LogP contribution in [0.1, 0.15) is 11.8 Å². The number of rotatable bonds is 3. The van der Waals surface area contributed by atoms with Crippen LogP contribution in [0.3, 0.4) is 0 Å². The van der Waals surface area contributed by atoms with Gasteiger partial charge in [-0.25, -0.2) is 5.43 Å². The molecule has 0 saturated heterocycles. The highest BCUT2D eigenvalue weighted by atomic mass is 32.1. The van der Waals surface area contributed by atoms with E-state index in [2.05, 4.69) is 10.5 Å². The molecule has 13 heavy (non-hydrogen) atoms. The third-order valence-electron chi connectivity index (χ3n) is 1.29. The number of carbonyl (C=O) groups excluding carboxylic acids is 1. The van der Waals surface area contributed by atoms with E-state index in [1.54, 1.807) is 0 Å². The van der Waals surface area contributed by atoms with Crippen LogP contribution in [0.5, 0.6) is 0 Å². The van der Waals surface area contributed by atoms with E-state index >= 15 is 0 Å². The fourth-order valence-corrected chi connectivity index (χ4v) is 1.20. The number of aliphatic hydroxyl groups excluding tert-OH is 1. The van der Waals surface area contributed by atoms with Crippen LogP contribution in [0.2, 0.25) is 0 Å². The van der Waals surface area contributed by atoms with Crippen LogP contribution in [0.4, 0.5) is 0 Å². The molecular weight excluding hydrogens is 188 g/mol. The zero-order chi connectivity index (χ0) is 9.68. The van der Waals surface area contributed by atoms with Crippen LogP contribution in [-0.4, -0.2) is 23.3 Å². The summed E-state index contributed by atoms with van der Waals surface area (Å²) in [6.45, 7) is 1.38. The summed E-state index contributed by atoms with van der Waals surface area (Å²) in [5, 5.41) is 14.4. The molecule has 0 spiro atoms. The molecule has 0 aromatic carbocycles. The van der Waals surface area contributed by atoms with Crippen molar-refractivity contribution in [2.45, 2.75) is 13.0 Å². The van der Waals surface area contributed by atoms with Crippen molar-refractivity contribution in [3.8, 4) is 0 Å². The molecule has 1 aromatic heterocycles. The second-order valence-electron chi connectivity index (χ2n) is 2.43. The number of carbonyl (C=O) groups is 1. The Morgan fingerprint density at radius 2 is 2.62 bits per heavy atom. The van der Waals surface area contributed by atoms with Crippen LogP contribution in [0, 0.1) is 0 Å². The molecule has 70 valence electrons. The Bertz CT molecular complexity index is 293. The number of nitrogens with zero attached hydrogens (tertiary/aromatic N) is 1. The number of thiophene rings is 1. The van der Waals surface area contributed by atoms with E-state index in [9.17, 15) is 4.79 Å². The molecule has 0 aliphatic heterocycles. The van der Waals surface area contributed by atoms with Crippen LogP contribution in [0.25, 0.3) is 0 Å². The van der Waals surface area contributed by atoms with Crippen molar-refractivity contribution >= 4 is 23.5 Å². The molecule has 1 rings (SSSR count). The molecule has 4 nitrogen and oxygen atoms in total. The fraction of sp³-hybridized carbons (Fsp3) is 0.250. The minimum absolute atomic E-state index is 0.507. The van der Waals surface area contributed by atoms with Gasteiger partial charge in [0.05, 0.1) is 6.21 Å². The van der Waals surface area contributed by atoms with Gasteiger partial charge >= 0.3 is 0 Å². The first-order chi connectivity index (χ1) is 6.20. The van der Waals surface area contributed by atoms with Crippen LogP contribution in [0.15, 0.2) is 22.6 Å². The summed E-state index contributed by atoms with van der Waals surface area (Å²) in [5.41, 5.74) is 2.21. The smallest absolute Gasteiger partial charge is 0.268 e. The predicted octanol–water partition coefficient (Wildman–Crippen LogP) is 0.579. The summed E-state index contributed by atoms with van der Waals surface area (Å²) in [4.78, 5) is 11.7. The molecule has 5 heteroatoms. The van der Waals surface area contributed by atoms with E-state index in [-0.39, 0.29) is 0 Å². The van der Waals surface area contributed by atoms with Gasteiger partial charge in [0.2, 0.25) is 0 Å². The van der Waals surface area contributed by atoms with Gasteiger partial charge in [-0.15, -0.1) is 11.3 Å². The summed E-state index contributed by atoms with van der Waals surface area (Å²) in [7, 11) is 0. The van der Waals surface area contributed by atoms with Gasteiger partial charge in [-0.2, -0.15) is 5.10 Å². The van der Waals surface area contributed by atoms with Crippen LogP contribution < -0.4 is 5.43 Å². The highest BCUT2D eigenvalue weighted by Gasteiger charge is 2.05. The van der Waals surface area contributed by atoms with Crippen molar-refractivity contribution in [1.29, 1.82) is 0 Å². The van der Waals surface area contributed by atoms with Crippen molar-refractivity contribution in [3.63, 3.8) is 0 Å². The average Bonchev–Trinajstić information content (AvgIpc) is 2.56. The lowest BCUT2D eigenvalue weighted by atomic mass is 10.4. The molecule has 1 heterocycles. The molecule has 0 bridgehead atoms. The largest absolute Gasteiger partial charge is 0.383 e. The van der Waals surface area contributed by atoms with E-state index in [1.807, 2.05) is 17.5 Å². The maximum atomic E-state index is 10.8. The van der Waals surface area contributed by atoms with Crippen LogP contribution >= 0.6 is 11.3 Å². The first kappa shape index (κ1) is 9.88. The first-order valence-corrected chi connectivity index (χ1v) is 4.62. The van der Waals surface area contributed by atoms with Crippen molar-refractivity contribution in [1.82, 2.24) is 5.43 Å². The summed E-state index contributed by atoms with van der Waals surface area (Å²) in [6, 6.07) is 3.77. The molecule has 1 aromatic rings. The second-order valence-corrected chi connectivity index (χ2v) is 3.40. The molecule has 0 aliphatic carbocycles. The maximum Gasteiger partial charge on any atom is 0.268 e. The summed E-state index contributed by atoms with van der Waals surface area (Å²) in [5.74, 6) is -0.507. The number of aliphatic hydroxyl groups is 1. The monoisotopic (exact) mass is 198 g/mol. The molecule has 0 saturated carbocycles. The molecule has 2 N–H and O–H groups in total. The lowest BCUT2D eigenvalue weighted by molar-refractivity contribution is -0.128. The number of hydrogen-bond acceptors (Lipinski definition) is 4. The quantitative estimate of drug-likeness (QED) is 0.551. The Kier molecular flexibility index (Phi) is 3.60. The van der Waals surface area contributed by atoms with Gasteiger partial charge in [0.25, 0.3) is 5.91 Å². The van der Waals surface area contributed by atoms with E-state index in [0.29, 0.717) is 0 Å². The molecule has 1 atom stereocenters. The van der Waals surface area contributed by atoms with Gasteiger partial charge in [-0.05, 0) is 18.4 Å². The Hall–Kier alpha value is -1.20. The third kappa shape index (κ3) is 3.35. The molecule has 0 fully saturated rings. The number of hydrogen-bond donors (Lipinski definition) is 2. The average molecular weight is 198 g/mol. The van der Waals surface area contributed by atoms with Crippen molar-refractivity contribution < 1.29 is 9.90 Å². The maximum absolute atomic E-state index is 10.8. The summed E-state index contributed by atoms with van der Waals surface area (Å²) >= 11 is 1.52. The minimum atomic E-state index is -1.03. The zero-order valence-electron chi connectivity index (χ0n) is 7.10. The normalized spacial score (nSPS) is 13.1. The Balaban J connectivity index is 2.39. The molecule has 0 radical (unpaired) electrons. The lowest BCUT2D eigenvalue weighted by Crippen LogP contribution is -2.28. The molecule has 1 amide bonds. The van der Waals surface area contributed by atoms with Gasteiger partial charge in [0.1, 0.15) is 6.10 Å². The topological polar surface area (TPSA) is 61.7 Å². The van der Waals surface area contributed by atoms with Crippen molar-refractivity contribution in [2.24, 2.45) is 5.10 Å². The third-order valence-corrected chi connectivity index (χ3v) is 2.10. The van der Waals surface area contributed by atoms with E-state index in [4.69, 9.17) is 5.11 Å². The van der Waals surface area contributed by atoms with E-state index < -0.39 is 12.0 Å². The Morgan fingerprint density at radius 1 is 1.85 bits per heavy atom. The minimum Gasteiger partial charge on any atom is -0.383 e. The fourth-order valence-electron chi connectivity index (χ4n) is 0.618. The van der Waals surface area contributed by atoms with E-state index in [1.165, 1.54) is 24.5 Å². The second kappa shape index (κ2) is 4.74. The first-order valence-electron chi connectivity index (χ1n) is 3.74. The Labute approximate surface area is 79.9 Å². The van der Waals surface area contributed by atoms with Gasteiger partial charge in [0.15, 0.2) is 0 Å². The van der Waals surface area contributed by atoms with Crippen molar-refractivity contribution in [3.05, 3.63) is 22.4 Å². The van der Waals surface area contributed by atoms with Gasteiger partial charge in [-0.3, -0.25) is 4.79 Å². The van der Waals surface area contributed by atoms with Gasteiger partial charge < -0.3 is 5.11 Å². The molecule has 1 unspecified atom stereocenters. The highest BCUT2D eigenvalue weighted by Crippen LogP contribution is 2.03. The van der Waals surface area contributed by atoms with Crippen LogP contribution in [-0.2, 0) is 4.79 Å². The molecular formula is C8H10N2O2S. The lowest BCUT2D eigenvalue weighted by Gasteiger charge is -1.99. The summed E-state index contributed by atoms with van der Waals surface area (Å²) in [6.07, 6.45) is 0.505. The van der Waals surface area contributed by atoms with Crippen molar-refractivity contribution in [2.75, 3.05) is 0 Å².